The molecule has 1 spiro atoms. The van der Waals surface area contributed by atoms with Gasteiger partial charge in [0, 0.05) is 32.2 Å². The average molecular weight is 371 g/mol. The Kier molecular flexibility index (Phi) is 4.84. The topological polar surface area (TPSA) is 32.8 Å². The van der Waals surface area contributed by atoms with Crippen molar-refractivity contribution < 1.29 is 9.53 Å². The molecule has 0 N–H and O–H groups in total. The minimum atomic E-state index is -0.0622. The van der Waals surface area contributed by atoms with Crippen LogP contribution in [0.4, 0.5) is 0 Å². The maximum Gasteiger partial charge on any atom is 0.223 e. The van der Waals surface area contributed by atoms with Crippen LogP contribution in [0.1, 0.15) is 56.9 Å². The van der Waals surface area contributed by atoms with Gasteiger partial charge in [0.25, 0.3) is 0 Å². The van der Waals surface area contributed by atoms with Crippen LogP contribution in [0.2, 0.25) is 0 Å². The van der Waals surface area contributed by atoms with Gasteiger partial charge in [0.15, 0.2) is 0 Å². The third-order valence-corrected chi connectivity index (χ3v) is 7.89. The van der Waals surface area contributed by atoms with Crippen LogP contribution in [-0.2, 0) is 15.1 Å². The number of benzene rings is 1. The molecule has 3 fully saturated rings. The Hall–Kier alpha value is -1.39. The zero-order valence-electron chi connectivity index (χ0n) is 17.2. The number of ether oxygens (including phenoxy) is 1. The largest absolute Gasteiger partial charge is 0.376 e. The Balaban J connectivity index is 1.47. The molecule has 0 unspecified atom stereocenters. The number of carbonyl (C=O) groups excluding carboxylic acids is 1. The quantitative estimate of drug-likeness (QED) is 0.790. The molecule has 3 aliphatic rings. The number of amides is 1. The highest BCUT2D eigenvalue weighted by atomic mass is 16.5. The second-order valence-electron chi connectivity index (χ2n) is 9.46. The molecular weight excluding hydrogens is 336 g/mol. The molecular formula is C23H34N2O2. The molecule has 4 nitrogen and oxygen atoms in total. The summed E-state index contributed by atoms with van der Waals surface area (Å²) in [7, 11) is 6.22. The number of hydrogen-bond donors (Lipinski definition) is 0. The monoisotopic (exact) mass is 370 g/mol. The highest BCUT2D eigenvalue weighted by Crippen LogP contribution is 2.52. The van der Waals surface area contributed by atoms with Crippen molar-refractivity contribution in [3.8, 4) is 0 Å². The smallest absolute Gasteiger partial charge is 0.223 e. The molecule has 1 aromatic carbocycles. The summed E-state index contributed by atoms with van der Waals surface area (Å²) in [6, 6.07) is 10.9. The van der Waals surface area contributed by atoms with Gasteiger partial charge in [-0.3, -0.25) is 9.69 Å². The van der Waals surface area contributed by atoms with Crippen molar-refractivity contribution in [2.24, 2.45) is 5.41 Å². The minimum absolute atomic E-state index is 0.0622. The molecule has 2 aliphatic carbocycles. The number of likely N-dealkylation sites (tertiary alicyclic amines) is 1. The second kappa shape index (κ2) is 6.89. The summed E-state index contributed by atoms with van der Waals surface area (Å²) in [6.45, 7) is 1.72. The summed E-state index contributed by atoms with van der Waals surface area (Å²) in [5.41, 5.74) is 1.63. The summed E-state index contributed by atoms with van der Waals surface area (Å²) in [6.07, 6.45) is 8.65. The van der Waals surface area contributed by atoms with Crippen LogP contribution in [0.5, 0.6) is 0 Å². The van der Waals surface area contributed by atoms with E-state index in [1.54, 1.807) is 7.11 Å². The van der Waals surface area contributed by atoms with Crippen molar-refractivity contribution in [3.63, 3.8) is 0 Å². The normalized spacial score (nSPS) is 32.9. The van der Waals surface area contributed by atoms with Crippen LogP contribution in [0.25, 0.3) is 0 Å². The van der Waals surface area contributed by atoms with Gasteiger partial charge in [0.1, 0.15) is 0 Å². The summed E-state index contributed by atoms with van der Waals surface area (Å²) in [4.78, 5) is 17.3. The van der Waals surface area contributed by atoms with Gasteiger partial charge < -0.3 is 9.64 Å². The van der Waals surface area contributed by atoms with Gasteiger partial charge in [0.2, 0.25) is 5.91 Å². The minimum Gasteiger partial charge on any atom is -0.376 e. The fourth-order valence-corrected chi connectivity index (χ4v) is 5.74. The Morgan fingerprint density at radius 3 is 2.22 bits per heavy atom. The van der Waals surface area contributed by atoms with E-state index in [0.29, 0.717) is 5.91 Å². The van der Waals surface area contributed by atoms with Gasteiger partial charge in [-0.2, -0.15) is 0 Å². The van der Waals surface area contributed by atoms with E-state index < -0.39 is 0 Å². The molecule has 0 radical (unpaired) electrons. The maximum absolute atomic E-state index is 12.8. The van der Waals surface area contributed by atoms with E-state index in [1.165, 1.54) is 12.0 Å². The fraction of sp³-hybridized carbons (Fsp3) is 0.696. The highest BCUT2D eigenvalue weighted by molar-refractivity contribution is 5.79. The predicted octanol–water partition coefficient (Wildman–Crippen LogP) is 3.81. The number of nitrogens with zero attached hydrogens (tertiary/aromatic N) is 2. The molecule has 1 amide bonds. The van der Waals surface area contributed by atoms with Crippen LogP contribution >= 0.6 is 0 Å². The zero-order chi connectivity index (χ0) is 19.1. The lowest BCUT2D eigenvalue weighted by atomic mass is 9.64. The van der Waals surface area contributed by atoms with Crippen LogP contribution in [0, 0.1) is 5.41 Å². The first-order valence-corrected chi connectivity index (χ1v) is 10.5. The molecule has 4 heteroatoms. The molecule has 148 valence electrons. The Morgan fingerprint density at radius 2 is 1.70 bits per heavy atom. The second-order valence-corrected chi connectivity index (χ2v) is 9.46. The Labute approximate surface area is 163 Å². The molecule has 2 saturated carbocycles. The van der Waals surface area contributed by atoms with Gasteiger partial charge in [-0.1, -0.05) is 30.3 Å². The lowest BCUT2D eigenvalue weighted by Crippen LogP contribution is -2.51. The van der Waals surface area contributed by atoms with Gasteiger partial charge in [-0.05, 0) is 70.0 Å². The van der Waals surface area contributed by atoms with E-state index >= 15 is 0 Å². The van der Waals surface area contributed by atoms with Crippen molar-refractivity contribution in [2.75, 3.05) is 34.3 Å². The third-order valence-electron chi connectivity index (χ3n) is 7.89. The van der Waals surface area contributed by atoms with Crippen molar-refractivity contribution in [3.05, 3.63) is 35.9 Å². The van der Waals surface area contributed by atoms with E-state index in [2.05, 4.69) is 54.2 Å². The van der Waals surface area contributed by atoms with Crippen molar-refractivity contribution in [2.45, 2.75) is 62.5 Å². The number of rotatable bonds is 5. The van der Waals surface area contributed by atoms with Crippen molar-refractivity contribution >= 4 is 5.91 Å². The van der Waals surface area contributed by atoms with E-state index in [4.69, 9.17) is 4.74 Å². The van der Waals surface area contributed by atoms with E-state index in [-0.39, 0.29) is 16.6 Å². The predicted molar refractivity (Wildman–Crippen MR) is 107 cm³/mol. The van der Waals surface area contributed by atoms with Crippen LogP contribution in [0.15, 0.2) is 30.3 Å². The Bertz CT molecular complexity index is 667. The lowest BCUT2D eigenvalue weighted by molar-refractivity contribution is -0.136. The first-order chi connectivity index (χ1) is 12.9. The SMILES string of the molecule is COC1(CN2CC3(CCC(c4ccccc4)(N(C)C)CC3)CC2=O)CCC1. The fourth-order valence-electron chi connectivity index (χ4n) is 5.74. The lowest BCUT2D eigenvalue weighted by Gasteiger charge is -2.49. The van der Waals surface area contributed by atoms with E-state index in [0.717, 1.165) is 58.0 Å². The van der Waals surface area contributed by atoms with Crippen LogP contribution < -0.4 is 0 Å². The molecule has 0 aromatic heterocycles. The summed E-state index contributed by atoms with van der Waals surface area (Å²) < 4.78 is 5.78. The number of hydrogen-bond acceptors (Lipinski definition) is 3. The molecule has 4 rings (SSSR count). The first kappa shape index (κ1) is 18.9. The number of carbonyl (C=O) groups is 1. The average Bonchev–Trinajstić information content (AvgIpc) is 2.94. The van der Waals surface area contributed by atoms with E-state index in [1.807, 2.05) is 0 Å². The highest BCUT2D eigenvalue weighted by Gasteiger charge is 2.51. The van der Waals surface area contributed by atoms with Gasteiger partial charge in [0.05, 0.1) is 5.60 Å². The van der Waals surface area contributed by atoms with Crippen LogP contribution in [-0.4, -0.2) is 55.6 Å². The van der Waals surface area contributed by atoms with E-state index in [9.17, 15) is 4.79 Å². The van der Waals surface area contributed by atoms with Crippen molar-refractivity contribution in [1.29, 1.82) is 0 Å². The van der Waals surface area contributed by atoms with Gasteiger partial charge >= 0.3 is 0 Å². The summed E-state index contributed by atoms with van der Waals surface area (Å²) >= 11 is 0. The Morgan fingerprint density at radius 1 is 1.04 bits per heavy atom. The molecule has 1 heterocycles. The van der Waals surface area contributed by atoms with Gasteiger partial charge in [-0.15, -0.1) is 0 Å². The van der Waals surface area contributed by atoms with Gasteiger partial charge in [-0.25, -0.2) is 0 Å². The first-order valence-electron chi connectivity index (χ1n) is 10.5. The molecule has 1 aliphatic heterocycles. The molecule has 0 bridgehead atoms. The number of methoxy groups -OCH3 is 1. The zero-order valence-corrected chi connectivity index (χ0v) is 17.2. The molecule has 1 aromatic rings. The molecule has 1 saturated heterocycles. The maximum atomic E-state index is 12.8. The van der Waals surface area contributed by atoms with Crippen LogP contribution in [0.3, 0.4) is 0 Å². The summed E-state index contributed by atoms with van der Waals surface area (Å²) in [5.74, 6) is 0.343. The standard InChI is InChI=1S/C23H34N2O2/c1-24(2)23(19-8-5-4-6-9-19)14-12-21(13-15-23)16-20(26)25(17-21)18-22(27-3)10-7-11-22/h4-6,8-9H,7,10-18H2,1-3H3. The third kappa shape index (κ3) is 3.21. The molecule has 0 atom stereocenters. The van der Waals surface area contributed by atoms with Crippen molar-refractivity contribution in [1.82, 2.24) is 9.80 Å². The molecule has 27 heavy (non-hydrogen) atoms. The summed E-state index contributed by atoms with van der Waals surface area (Å²) in [5, 5.41) is 0.